The van der Waals surface area contributed by atoms with E-state index in [9.17, 15) is 14.4 Å². The smallest absolute Gasteiger partial charge is 0.327 e. The number of nitrogens with two attached hydrogens (primary N) is 1. The van der Waals surface area contributed by atoms with E-state index in [1.54, 1.807) is 14.2 Å². The number of nitrogen functional groups attached to an aromatic ring is 1. The van der Waals surface area contributed by atoms with Gasteiger partial charge in [0.25, 0.3) is 5.91 Å². The van der Waals surface area contributed by atoms with Crippen molar-refractivity contribution in [2.75, 3.05) is 59.7 Å². The molecule has 2 aliphatic rings. The molecule has 1 aromatic carbocycles. The number of piperidine rings is 1. The molecule has 0 saturated carbocycles. The van der Waals surface area contributed by atoms with Gasteiger partial charge in [0, 0.05) is 46.4 Å². The first-order valence-corrected chi connectivity index (χ1v) is 10.4. The van der Waals surface area contributed by atoms with Gasteiger partial charge >= 0.3 is 6.03 Å². The summed E-state index contributed by atoms with van der Waals surface area (Å²) in [7, 11) is 4.67. The van der Waals surface area contributed by atoms with Crippen LogP contribution in [0.3, 0.4) is 0 Å². The number of halogens is 1. The number of likely N-dealkylation sites (tertiary alicyclic amines) is 1. The van der Waals surface area contributed by atoms with E-state index in [0.717, 1.165) is 0 Å². The number of benzene rings is 1. The van der Waals surface area contributed by atoms with Gasteiger partial charge in [-0.2, -0.15) is 0 Å². The highest BCUT2D eigenvalue weighted by molar-refractivity contribution is 6.33. The first kappa shape index (κ1) is 23.1. The van der Waals surface area contributed by atoms with Crippen LogP contribution in [0, 0.1) is 0 Å². The fourth-order valence-electron chi connectivity index (χ4n) is 3.88. The summed E-state index contributed by atoms with van der Waals surface area (Å²) in [5.41, 5.74) is 6.42. The molecule has 0 spiro atoms. The molecule has 1 aromatic rings. The molecule has 4 amide bonds. The molecule has 11 heteroatoms. The molecule has 2 atom stereocenters. The highest BCUT2D eigenvalue weighted by atomic mass is 35.5. The molecule has 3 N–H and O–H groups in total. The molecule has 170 valence electrons. The van der Waals surface area contributed by atoms with Gasteiger partial charge in [0.05, 0.1) is 35.5 Å². The summed E-state index contributed by atoms with van der Waals surface area (Å²) in [6.07, 6.45) is 0.400. The van der Waals surface area contributed by atoms with Gasteiger partial charge < -0.3 is 25.4 Å². The maximum atomic E-state index is 12.9. The number of hydrogen-bond acceptors (Lipinski definition) is 7. The Balaban J connectivity index is 1.59. The topological polar surface area (TPSA) is 117 Å². The molecule has 2 fully saturated rings. The lowest BCUT2D eigenvalue weighted by Crippen LogP contribution is -2.55. The van der Waals surface area contributed by atoms with E-state index in [1.165, 1.54) is 29.0 Å². The Kier molecular flexibility index (Phi) is 7.24. The number of ether oxygens (including phenoxy) is 2. The van der Waals surface area contributed by atoms with Crippen LogP contribution in [-0.2, 0) is 9.53 Å². The largest absolute Gasteiger partial charge is 0.496 e. The van der Waals surface area contributed by atoms with Crippen molar-refractivity contribution >= 4 is 35.1 Å². The van der Waals surface area contributed by atoms with Crippen molar-refractivity contribution in [3.05, 3.63) is 22.7 Å². The van der Waals surface area contributed by atoms with Gasteiger partial charge in [-0.05, 0) is 12.5 Å². The standard InChI is InChI=1S/C20H28ClN5O5/c1-24-11-18(27)26(20(24)29)7-6-25-5-4-15(17(10-25)31-3)23-19(28)12-8-13(21)14(22)9-16(12)30-2/h8-9,15,17H,4-7,10-11,22H2,1-3H3,(H,23,28). The molecule has 0 radical (unpaired) electrons. The zero-order valence-corrected chi connectivity index (χ0v) is 18.6. The van der Waals surface area contributed by atoms with Gasteiger partial charge in [-0.3, -0.25) is 19.4 Å². The van der Waals surface area contributed by atoms with E-state index < -0.39 is 0 Å². The predicted octanol–water partition coefficient (Wildman–Crippen LogP) is 0.644. The van der Waals surface area contributed by atoms with Gasteiger partial charge in [0.2, 0.25) is 5.91 Å². The average Bonchev–Trinajstić information content (AvgIpc) is 2.99. The number of carbonyl (C=O) groups is 3. The van der Waals surface area contributed by atoms with Gasteiger partial charge in [0.15, 0.2) is 0 Å². The number of rotatable bonds is 7. The second kappa shape index (κ2) is 9.71. The van der Waals surface area contributed by atoms with E-state index in [1.807, 2.05) is 0 Å². The van der Waals surface area contributed by atoms with Crippen LogP contribution >= 0.6 is 11.6 Å². The summed E-state index contributed by atoms with van der Waals surface area (Å²) in [6.45, 7) is 2.25. The van der Waals surface area contributed by atoms with E-state index in [4.69, 9.17) is 26.8 Å². The SMILES string of the molecule is COc1cc(N)c(Cl)cc1C(=O)NC1CCN(CCN2C(=O)CN(C)C2=O)CC1OC. The van der Waals surface area contributed by atoms with Crippen molar-refractivity contribution < 1.29 is 23.9 Å². The quantitative estimate of drug-likeness (QED) is 0.459. The third kappa shape index (κ3) is 5.03. The van der Waals surface area contributed by atoms with Crippen molar-refractivity contribution in [2.24, 2.45) is 0 Å². The molecule has 0 bridgehead atoms. The Bertz CT molecular complexity index is 867. The molecule has 0 aromatic heterocycles. The summed E-state index contributed by atoms with van der Waals surface area (Å²) in [5.74, 6) is -0.166. The van der Waals surface area contributed by atoms with Gasteiger partial charge in [-0.15, -0.1) is 0 Å². The fraction of sp³-hybridized carbons (Fsp3) is 0.550. The molecule has 2 unspecified atom stereocenters. The number of methoxy groups -OCH3 is 2. The number of amides is 4. The molecule has 2 heterocycles. The Morgan fingerprint density at radius 2 is 2.03 bits per heavy atom. The molecular weight excluding hydrogens is 426 g/mol. The summed E-state index contributed by atoms with van der Waals surface area (Å²) >= 11 is 6.08. The minimum absolute atomic E-state index is 0.117. The predicted molar refractivity (Wildman–Crippen MR) is 115 cm³/mol. The number of hydrogen-bond donors (Lipinski definition) is 2. The first-order valence-electron chi connectivity index (χ1n) is 9.99. The molecule has 2 saturated heterocycles. The molecule has 31 heavy (non-hydrogen) atoms. The number of nitrogens with one attached hydrogen (secondary N) is 1. The molecule has 2 aliphatic heterocycles. The lowest BCUT2D eigenvalue weighted by molar-refractivity contribution is -0.125. The van der Waals surface area contributed by atoms with Crippen LogP contribution in [-0.4, -0.2) is 98.7 Å². The fourth-order valence-corrected chi connectivity index (χ4v) is 4.04. The molecular formula is C20H28ClN5O5. The van der Waals surface area contributed by atoms with Crippen molar-refractivity contribution in [3.63, 3.8) is 0 Å². The minimum Gasteiger partial charge on any atom is -0.496 e. The highest BCUT2D eigenvalue weighted by Crippen LogP contribution is 2.29. The van der Waals surface area contributed by atoms with E-state index in [2.05, 4.69) is 10.2 Å². The lowest BCUT2D eigenvalue weighted by Gasteiger charge is -2.38. The van der Waals surface area contributed by atoms with Crippen molar-refractivity contribution in [1.29, 1.82) is 0 Å². The zero-order chi connectivity index (χ0) is 22.7. The Morgan fingerprint density at radius 1 is 1.29 bits per heavy atom. The summed E-state index contributed by atoms with van der Waals surface area (Å²) < 4.78 is 10.9. The third-order valence-electron chi connectivity index (χ3n) is 5.70. The van der Waals surface area contributed by atoms with E-state index in [-0.39, 0.29) is 41.6 Å². The molecule has 3 rings (SSSR count). The normalized spacial score (nSPS) is 22.2. The number of carbonyl (C=O) groups excluding carboxylic acids is 3. The van der Waals surface area contributed by atoms with Crippen LogP contribution in [0.15, 0.2) is 12.1 Å². The van der Waals surface area contributed by atoms with Crippen molar-refractivity contribution in [3.8, 4) is 5.75 Å². The monoisotopic (exact) mass is 453 g/mol. The van der Waals surface area contributed by atoms with E-state index in [0.29, 0.717) is 49.6 Å². The maximum absolute atomic E-state index is 12.9. The average molecular weight is 454 g/mol. The Morgan fingerprint density at radius 3 is 2.65 bits per heavy atom. The lowest BCUT2D eigenvalue weighted by atomic mass is 10.0. The van der Waals surface area contributed by atoms with Gasteiger partial charge in [0.1, 0.15) is 12.3 Å². The van der Waals surface area contributed by atoms with Gasteiger partial charge in [-0.1, -0.05) is 11.6 Å². The number of imide groups is 1. The summed E-state index contributed by atoms with van der Waals surface area (Å²) in [6, 6.07) is 2.53. The highest BCUT2D eigenvalue weighted by Gasteiger charge is 2.35. The zero-order valence-electron chi connectivity index (χ0n) is 17.9. The number of nitrogens with zero attached hydrogens (tertiary/aromatic N) is 3. The summed E-state index contributed by atoms with van der Waals surface area (Å²) in [5, 5.41) is 3.28. The van der Waals surface area contributed by atoms with Crippen molar-refractivity contribution in [1.82, 2.24) is 20.0 Å². The first-order chi connectivity index (χ1) is 14.7. The van der Waals surface area contributed by atoms with Crippen molar-refractivity contribution in [2.45, 2.75) is 18.6 Å². The maximum Gasteiger partial charge on any atom is 0.327 e. The molecule has 10 nitrogen and oxygen atoms in total. The van der Waals surface area contributed by atoms with Crippen LogP contribution < -0.4 is 15.8 Å². The number of anilines is 1. The minimum atomic E-state index is -0.324. The van der Waals surface area contributed by atoms with Gasteiger partial charge in [-0.25, -0.2) is 4.79 Å². The molecule has 0 aliphatic carbocycles. The Labute approximate surface area is 186 Å². The third-order valence-corrected chi connectivity index (χ3v) is 6.02. The van der Waals surface area contributed by atoms with E-state index >= 15 is 0 Å². The van der Waals surface area contributed by atoms with Crippen LogP contribution in [0.1, 0.15) is 16.8 Å². The van der Waals surface area contributed by atoms with Crippen LogP contribution in [0.25, 0.3) is 0 Å². The Hall–Kier alpha value is -2.56. The number of likely N-dealkylation sites (N-methyl/N-ethyl adjacent to an activating group) is 1. The second-order valence-electron chi connectivity index (χ2n) is 7.70. The van der Waals surface area contributed by atoms with Crippen LogP contribution in [0.2, 0.25) is 5.02 Å². The number of urea groups is 1. The second-order valence-corrected chi connectivity index (χ2v) is 8.11. The van der Waals surface area contributed by atoms with Crippen LogP contribution in [0.4, 0.5) is 10.5 Å². The summed E-state index contributed by atoms with van der Waals surface area (Å²) in [4.78, 5) is 41.6. The van der Waals surface area contributed by atoms with Crippen LogP contribution in [0.5, 0.6) is 5.75 Å².